The zero-order valence-corrected chi connectivity index (χ0v) is 18.0. The number of aryl methyl sites for hydroxylation is 1. The van der Waals surface area contributed by atoms with Crippen LogP contribution in [-0.4, -0.2) is 43.8 Å². The number of aliphatic imine (C=N–C) groups is 1. The van der Waals surface area contributed by atoms with E-state index in [-0.39, 0.29) is 48.9 Å². The lowest BCUT2D eigenvalue weighted by atomic mass is 9.98. The number of hydrogen-bond donors (Lipinski definition) is 2. The Morgan fingerprint density at radius 2 is 1.96 bits per heavy atom. The molecule has 2 rings (SSSR count). The first kappa shape index (κ1) is 24.0. The number of hydrogen-bond acceptors (Lipinski definition) is 3. The Balaban J connectivity index is 0.00000364. The van der Waals surface area contributed by atoms with Crippen molar-refractivity contribution in [1.29, 1.82) is 0 Å². The van der Waals surface area contributed by atoms with E-state index in [1.165, 1.54) is 0 Å². The molecule has 0 atom stereocenters. The first-order chi connectivity index (χ1) is 12.1. The minimum Gasteiger partial charge on any atom is -0.370 e. The number of nitrogens with two attached hydrogens (primary N) is 1. The fraction of sp³-hybridized carbons (Fsp3) is 0.562. The third-order valence-electron chi connectivity index (χ3n) is 4.33. The highest BCUT2D eigenvalue weighted by atomic mass is 127. The quantitative estimate of drug-likeness (QED) is 0.355. The van der Waals surface area contributed by atoms with Gasteiger partial charge in [-0.25, -0.2) is 8.42 Å². The standard InChI is InChI=1S/C16H23F3N4O2S.HI/c1-2-12-4-3-5-14(10-12)22-15(20)21-11-13-6-8-23(9-7-13)26(24,25)16(17,18)19;/h3-5,10,13H,2,6-9,11H2,1H3,(H3,20,21,22);1H. The molecule has 27 heavy (non-hydrogen) atoms. The van der Waals surface area contributed by atoms with E-state index in [9.17, 15) is 21.6 Å². The molecule has 1 heterocycles. The van der Waals surface area contributed by atoms with E-state index in [2.05, 4.69) is 10.3 Å². The van der Waals surface area contributed by atoms with Gasteiger partial charge in [0.15, 0.2) is 5.96 Å². The lowest BCUT2D eigenvalue weighted by Crippen LogP contribution is -2.45. The molecule has 1 aromatic carbocycles. The lowest BCUT2D eigenvalue weighted by molar-refractivity contribution is -0.0496. The fourth-order valence-corrected chi connectivity index (χ4v) is 3.75. The molecule has 0 aromatic heterocycles. The molecule has 1 aliphatic heterocycles. The number of guanidine groups is 1. The van der Waals surface area contributed by atoms with Crippen LogP contribution in [-0.2, 0) is 16.4 Å². The van der Waals surface area contributed by atoms with Crippen molar-refractivity contribution in [2.75, 3.05) is 25.0 Å². The van der Waals surface area contributed by atoms with Crippen LogP contribution in [0.3, 0.4) is 0 Å². The molecule has 0 unspecified atom stereocenters. The van der Waals surface area contributed by atoms with Crippen molar-refractivity contribution >= 4 is 45.6 Å². The Kier molecular flexibility index (Phi) is 8.80. The van der Waals surface area contributed by atoms with Gasteiger partial charge < -0.3 is 11.1 Å². The van der Waals surface area contributed by atoms with Gasteiger partial charge in [0, 0.05) is 25.3 Å². The van der Waals surface area contributed by atoms with E-state index < -0.39 is 15.5 Å². The zero-order valence-electron chi connectivity index (χ0n) is 14.9. The summed E-state index contributed by atoms with van der Waals surface area (Å²) in [4.78, 5) is 4.23. The van der Waals surface area contributed by atoms with Crippen LogP contribution in [0.4, 0.5) is 18.9 Å². The van der Waals surface area contributed by atoms with Gasteiger partial charge in [-0.05, 0) is 42.9 Å². The van der Waals surface area contributed by atoms with Crippen LogP contribution in [0.1, 0.15) is 25.3 Å². The summed E-state index contributed by atoms with van der Waals surface area (Å²) in [7, 11) is -5.24. The summed E-state index contributed by atoms with van der Waals surface area (Å²) < 4.78 is 60.9. The van der Waals surface area contributed by atoms with Crippen molar-refractivity contribution in [2.45, 2.75) is 31.7 Å². The van der Waals surface area contributed by atoms with Gasteiger partial charge in [0.1, 0.15) is 0 Å². The summed E-state index contributed by atoms with van der Waals surface area (Å²) in [6.45, 7) is 2.07. The van der Waals surface area contributed by atoms with Crippen LogP contribution in [0, 0.1) is 5.92 Å². The molecule has 0 amide bonds. The second kappa shape index (κ2) is 9.92. The van der Waals surface area contributed by atoms with E-state index in [1.54, 1.807) is 0 Å². The number of halogens is 4. The maximum absolute atomic E-state index is 12.6. The molecule has 0 spiro atoms. The van der Waals surface area contributed by atoms with Gasteiger partial charge in [0.2, 0.25) is 0 Å². The number of anilines is 1. The van der Waals surface area contributed by atoms with Crippen molar-refractivity contribution in [3.8, 4) is 0 Å². The number of nitrogens with one attached hydrogen (secondary N) is 1. The minimum atomic E-state index is -5.25. The molecular formula is C16H24F3IN4O2S. The molecule has 1 aromatic rings. The highest BCUT2D eigenvalue weighted by Crippen LogP contribution is 2.30. The average molecular weight is 520 g/mol. The number of benzene rings is 1. The third kappa shape index (κ3) is 6.49. The molecule has 1 fully saturated rings. The molecule has 3 N–H and O–H groups in total. The van der Waals surface area contributed by atoms with Crippen LogP contribution in [0.5, 0.6) is 0 Å². The molecule has 11 heteroatoms. The third-order valence-corrected chi connectivity index (χ3v) is 5.96. The van der Waals surface area contributed by atoms with E-state index in [0.717, 1.165) is 17.7 Å². The predicted molar refractivity (Wildman–Crippen MR) is 111 cm³/mol. The van der Waals surface area contributed by atoms with Crippen LogP contribution in [0.25, 0.3) is 0 Å². The fourth-order valence-electron chi connectivity index (χ4n) is 2.76. The Bertz CT molecular complexity index is 748. The van der Waals surface area contributed by atoms with Gasteiger partial charge in [-0.2, -0.15) is 17.5 Å². The Morgan fingerprint density at radius 1 is 1.33 bits per heavy atom. The topological polar surface area (TPSA) is 87.8 Å². The maximum atomic E-state index is 12.6. The van der Waals surface area contributed by atoms with E-state index in [0.29, 0.717) is 23.7 Å². The van der Waals surface area contributed by atoms with E-state index in [4.69, 9.17) is 5.73 Å². The van der Waals surface area contributed by atoms with E-state index >= 15 is 0 Å². The Labute approximate surface area is 174 Å². The number of alkyl halides is 3. The van der Waals surface area contributed by atoms with Crippen LogP contribution >= 0.6 is 24.0 Å². The first-order valence-electron chi connectivity index (χ1n) is 8.35. The SMILES string of the molecule is CCc1cccc(NC(N)=NCC2CCN(S(=O)(=O)C(F)(F)F)CC2)c1.I. The zero-order chi connectivity index (χ0) is 19.4. The van der Waals surface area contributed by atoms with Gasteiger partial charge in [-0.1, -0.05) is 19.1 Å². The second-order valence-corrected chi connectivity index (χ2v) is 8.13. The smallest absolute Gasteiger partial charge is 0.370 e. The minimum absolute atomic E-state index is 0. The molecule has 0 aliphatic carbocycles. The van der Waals surface area contributed by atoms with Crippen molar-refractivity contribution in [1.82, 2.24) is 4.31 Å². The van der Waals surface area contributed by atoms with Crippen LogP contribution in [0.2, 0.25) is 0 Å². The predicted octanol–water partition coefficient (Wildman–Crippen LogP) is 3.16. The van der Waals surface area contributed by atoms with Crippen molar-refractivity contribution in [3.05, 3.63) is 29.8 Å². The van der Waals surface area contributed by atoms with Gasteiger partial charge >= 0.3 is 15.5 Å². The molecule has 0 saturated carbocycles. The molecule has 1 aliphatic rings. The number of nitrogens with zero attached hydrogens (tertiary/aromatic N) is 2. The molecule has 6 nitrogen and oxygen atoms in total. The average Bonchev–Trinajstić information content (AvgIpc) is 2.59. The Morgan fingerprint density at radius 3 is 2.52 bits per heavy atom. The molecule has 1 saturated heterocycles. The molecular weight excluding hydrogens is 496 g/mol. The first-order valence-corrected chi connectivity index (χ1v) is 9.79. The summed E-state index contributed by atoms with van der Waals surface area (Å²) in [6.07, 6.45) is 1.53. The van der Waals surface area contributed by atoms with E-state index in [1.807, 2.05) is 31.2 Å². The Hall–Kier alpha value is -1.08. The number of piperidine rings is 1. The van der Waals surface area contributed by atoms with Crippen LogP contribution < -0.4 is 11.1 Å². The van der Waals surface area contributed by atoms with Gasteiger partial charge in [-0.3, -0.25) is 4.99 Å². The summed E-state index contributed by atoms with van der Waals surface area (Å²) in [5.41, 5.74) is 2.57. The van der Waals surface area contributed by atoms with Gasteiger partial charge in [0.25, 0.3) is 0 Å². The lowest BCUT2D eigenvalue weighted by Gasteiger charge is -2.30. The van der Waals surface area contributed by atoms with Crippen molar-refractivity contribution in [3.63, 3.8) is 0 Å². The summed E-state index contributed by atoms with van der Waals surface area (Å²) >= 11 is 0. The van der Waals surface area contributed by atoms with Gasteiger partial charge in [-0.15, -0.1) is 24.0 Å². The molecule has 154 valence electrons. The van der Waals surface area contributed by atoms with Crippen LogP contribution in [0.15, 0.2) is 29.3 Å². The van der Waals surface area contributed by atoms with Crippen molar-refractivity contribution in [2.24, 2.45) is 16.6 Å². The molecule has 0 bridgehead atoms. The summed E-state index contributed by atoms with van der Waals surface area (Å²) in [6, 6.07) is 7.73. The highest BCUT2D eigenvalue weighted by molar-refractivity contribution is 14.0. The maximum Gasteiger partial charge on any atom is 0.511 e. The summed E-state index contributed by atoms with van der Waals surface area (Å²) in [5, 5.41) is 2.98. The normalized spacial score (nSPS) is 17.4. The van der Waals surface area contributed by atoms with Crippen molar-refractivity contribution < 1.29 is 21.6 Å². The second-order valence-electron chi connectivity index (χ2n) is 6.20. The van der Waals surface area contributed by atoms with Gasteiger partial charge in [0.05, 0.1) is 0 Å². The largest absolute Gasteiger partial charge is 0.511 e. The summed E-state index contributed by atoms with van der Waals surface area (Å²) in [5.74, 6) is 0.223. The highest BCUT2D eigenvalue weighted by Gasteiger charge is 2.50. The monoisotopic (exact) mass is 520 g/mol. The molecule has 0 radical (unpaired) electrons. The number of sulfonamides is 1. The number of rotatable bonds is 5.